The van der Waals surface area contributed by atoms with Crippen molar-refractivity contribution in [2.75, 3.05) is 0 Å². The fraction of sp³-hybridized carbons (Fsp3) is 0.231. The largest absolute Gasteiger partial charge is 0.287 e. The molecule has 3 aromatic heterocycles. The Morgan fingerprint density at radius 3 is 2.22 bits per heavy atom. The fourth-order valence-electron chi connectivity index (χ4n) is 5.45. The van der Waals surface area contributed by atoms with E-state index < -0.39 is 0 Å². The Kier molecular flexibility index (Phi) is 3.07. The standard InChI is InChI=1S/C26H20N4O2/c1-11-9-19-20(10-12(11)2)30-24(28-19)16-6-5-15-21-17(7-8-18(22(16)21)26(30)32)25(31)29-14(4)13(3)27-23(15)29/h5-10,13-14H,1-4H3. The van der Waals surface area contributed by atoms with Crippen molar-refractivity contribution in [2.24, 2.45) is 4.99 Å². The zero-order valence-corrected chi connectivity index (χ0v) is 18.2. The third-order valence-corrected chi connectivity index (χ3v) is 7.45. The van der Waals surface area contributed by atoms with Gasteiger partial charge in [-0.1, -0.05) is 0 Å². The number of imidazole rings is 1. The SMILES string of the molecule is Cc1cc2nc3c4ccc5c6n(c(=O)c7ccc(c(=O)n3c2cc1C)c4c75)C(C)C(C)N=6. The van der Waals surface area contributed by atoms with Gasteiger partial charge >= 0.3 is 0 Å². The van der Waals surface area contributed by atoms with E-state index in [4.69, 9.17) is 9.98 Å². The molecule has 1 aliphatic heterocycles. The van der Waals surface area contributed by atoms with Gasteiger partial charge in [-0.2, -0.15) is 0 Å². The first-order valence-corrected chi connectivity index (χ1v) is 10.9. The molecule has 4 heterocycles. The Labute approximate surface area is 181 Å². The number of rotatable bonds is 0. The summed E-state index contributed by atoms with van der Waals surface area (Å²) in [6.45, 7) is 8.16. The Balaban J connectivity index is 1.81. The molecule has 0 N–H and O–H groups in total. The highest BCUT2D eigenvalue weighted by Gasteiger charge is 2.27. The highest BCUT2D eigenvalue weighted by Crippen LogP contribution is 2.34. The number of hydrogen-bond acceptors (Lipinski definition) is 4. The molecule has 0 saturated heterocycles. The summed E-state index contributed by atoms with van der Waals surface area (Å²) in [5.74, 6) is 0. The highest BCUT2D eigenvalue weighted by atomic mass is 16.1. The molecule has 6 nitrogen and oxygen atoms in total. The van der Waals surface area contributed by atoms with Gasteiger partial charge in [-0.3, -0.25) is 23.5 Å². The van der Waals surface area contributed by atoms with Crippen LogP contribution in [0.3, 0.4) is 0 Å². The molecule has 0 saturated carbocycles. The topological polar surface area (TPSA) is 68.7 Å². The van der Waals surface area contributed by atoms with Gasteiger partial charge in [0.25, 0.3) is 11.1 Å². The molecule has 2 atom stereocenters. The van der Waals surface area contributed by atoms with Crippen LogP contribution in [0.25, 0.3) is 49.0 Å². The minimum Gasteiger partial charge on any atom is -0.287 e. The summed E-state index contributed by atoms with van der Waals surface area (Å²) >= 11 is 0. The van der Waals surface area contributed by atoms with E-state index in [1.165, 1.54) is 0 Å². The number of hydrogen-bond donors (Lipinski definition) is 0. The molecule has 3 aromatic carbocycles. The fourth-order valence-corrected chi connectivity index (χ4v) is 5.45. The van der Waals surface area contributed by atoms with Crippen LogP contribution < -0.4 is 16.6 Å². The summed E-state index contributed by atoms with van der Waals surface area (Å²) in [5, 5.41) is 4.66. The van der Waals surface area contributed by atoms with Crippen LogP contribution >= 0.6 is 0 Å². The Morgan fingerprint density at radius 2 is 1.44 bits per heavy atom. The van der Waals surface area contributed by atoms with Gasteiger partial charge in [0.05, 0.1) is 23.1 Å². The number of nitrogens with zero attached hydrogens (tertiary/aromatic N) is 4. The van der Waals surface area contributed by atoms with Gasteiger partial charge in [0.2, 0.25) is 0 Å². The summed E-state index contributed by atoms with van der Waals surface area (Å²) in [5.41, 5.74) is 5.08. The second-order valence-electron chi connectivity index (χ2n) is 9.18. The van der Waals surface area contributed by atoms with Crippen LogP contribution in [-0.4, -0.2) is 20.0 Å². The molecule has 6 heteroatoms. The van der Waals surface area contributed by atoms with Crippen molar-refractivity contribution in [3.63, 3.8) is 0 Å². The van der Waals surface area contributed by atoms with E-state index in [2.05, 4.69) is 6.92 Å². The summed E-state index contributed by atoms with van der Waals surface area (Å²) in [4.78, 5) is 36.8. The molecular formula is C26H20N4O2. The minimum absolute atomic E-state index is 0.00488. The molecule has 32 heavy (non-hydrogen) atoms. The molecule has 0 amide bonds. The monoisotopic (exact) mass is 420 g/mol. The molecule has 0 aliphatic carbocycles. The molecule has 0 radical (unpaired) electrons. The number of aromatic nitrogens is 3. The van der Waals surface area contributed by atoms with E-state index >= 15 is 0 Å². The van der Waals surface area contributed by atoms with E-state index in [0.717, 1.165) is 43.7 Å². The predicted octanol–water partition coefficient (Wildman–Crippen LogP) is 3.83. The van der Waals surface area contributed by atoms with Crippen molar-refractivity contribution in [3.8, 4) is 0 Å². The van der Waals surface area contributed by atoms with Crippen molar-refractivity contribution in [2.45, 2.75) is 39.8 Å². The summed E-state index contributed by atoms with van der Waals surface area (Å²) in [6.07, 6.45) is 0. The van der Waals surface area contributed by atoms with Gasteiger partial charge in [-0.05, 0) is 75.2 Å². The maximum Gasteiger partial charge on any atom is 0.264 e. The second kappa shape index (κ2) is 5.51. The van der Waals surface area contributed by atoms with Crippen LogP contribution in [0.5, 0.6) is 0 Å². The van der Waals surface area contributed by atoms with Crippen molar-refractivity contribution in [1.29, 1.82) is 0 Å². The second-order valence-corrected chi connectivity index (χ2v) is 9.18. The molecule has 0 bridgehead atoms. The molecule has 0 spiro atoms. The van der Waals surface area contributed by atoms with Gasteiger partial charge in [0.1, 0.15) is 11.1 Å². The third-order valence-electron chi connectivity index (χ3n) is 7.45. The zero-order chi connectivity index (χ0) is 22.0. The molecule has 7 rings (SSSR count). The van der Waals surface area contributed by atoms with Crippen LogP contribution in [0.2, 0.25) is 0 Å². The van der Waals surface area contributed by atoms with Crippen molar-refractivity contribution < 1.29 is 0 Å². The van der Waals surface area contributed by atoms with Gasteiger partial charge in [-0.25, -0.2) is 4.98 Å². The maximum atomic E-state index is 13.7. The third kappa shape index (κ3) is 1.87. The molecule has 0 fully saturated rings. The first kappa shape index (κ1) is 17.8. The smallest absolute Gasteiger partial charge is 0.264 e. The Bertz CT molecular complexity index is 1980. The highest BCUT2D eigenvalue weighted by molar-refractivity contribution is 6.25. The number of benzene rings is 3. The van der Waals surface area contributed by atoms with Crippen LogP contribution in [-0.2, 0) is 0 Å². The predicted molar refractivity (Wildman–Crippen MR) is 127 cm³/mol. The summed E-state index contributed by atoms with van der Waals surface area (Å²) in [7, 11) is 0. The molecule has 1 aliphatic rings. The van der Waals surface area contributed by atoms with Gasteiger partial charge < -0.3 is 0 Å². The van der Waals surface area contributed by atoms with E-state index in [0.29, 0.717) is 21.9 Å². The Morgan fingerprint density at radius 1 is 0.812 bits per heavy atom. The van der Waals surface area contributed by atoms with Crippen LogP contribution in [0.1, 0.15) is 31.0 Å². The Hall–Kier alpha value is -3.80. The number of fused-ring (bicyclic) bond motifs is 6. The van der Waals surface area contributed by atoms with Gasteiger partial charge in [0.15, 0.2) is 0 Å². The van der Waals surface area contributed by atoms with E-state index in [1.54, 1.807) is 21.1 Å². The first-order chi connectivity index (χ1) is 15.4. The lowest BCUT2D eigenvalue weighted by atomic mass is 9.96. The van der Waals surface area contributed by atoms with Crippen molar-refractivity contribution in [1.82, 2.24) is 14.0 Å². The number of pyridine rings is 2. The van der Waals surface area contributed by atoms with E-state index in [9.17, 15) is 9.59 Å². The van der Waals surface area contributed by atoms with Gasteiger partial charge in [-0.15, -0.1) is 0 Å². The quantitative estimate of drug-likeness (QED) is 0.351. The lowest BCUT2D eigenvalue weighted by Gasteiger charge is -2.15. The lowest BCUT2D eigenvalue weighted by Crippen LogP contribution is -2.33. The number of aryl methyl sites for hydroxylation is 2. The molecule has 6 aromatic rings. The average Bonchev–Trinajstić information content (AvgIpc) is 3.28. The van der Waals surface area contributed by atoms with Gasteiger partial charge in [0, 0.05) is 32.3 Å². The van der Waals surface area contributed by atoms with E-state index in [1.807, 2.05) is 45.0 Å². The molecule has 2 unspecified atom stereocenters. The van der Waals surface area contributed by atoms with Crippen LogP contribution in [0.4, 0.5) is 0 Å². The van der Waals surface area contributed by atoms with E-state index in [-0.39, 0.29) is 23.2 Å². The zero-order valence-electron chi connectivity index (χ0n) is 18.2. The van der Waals surface area contributed by atoms with Crippen molar-refractivity contribution in [3.05, 3.63) is 73.7 Å². The maximum absolute atomic E-state index is 13.7. The lowest BCUT2D eigenvalue weighted by molar-refractivity contribution is 0.500. The van der Waals surface area contributed by atoms with Crippen LogP contribution in [0.15, 0.2) is 51.0 Å². The normalized spacial score (nSPS) is 18.5. The minimum atomic E-state index is -0.105. The molecule has 156 valence electrons. The summed E-state index contributed by atoms with van der Waals surface area (Å²) in [6, 6.07) is 11.8. The average molecular weight is 420 g/mol. The van der Waals surface area contributed by atoms with Crippen molar-refractivity contribution >= 4 is 49.0 Å². The summed E-state index contributed by atoms with van der Waals surface area (Å²) < 4.78 is 3.52. The van der Waals surface area contributed by atoms with Crippen LogP contribution in [0, 0.1) is 13.8 Å². The molecular weight excluding hydrogens is 400 g/mol. The first-order valence-electron chi connectivity index (χ1n) is 10.9.